The molecule has 2 atom stereocenters. The molecular weight excluding hydrogens is 274 g/mol. The summed E-state index contributed by atoms with van der Waals surface area (Å²) < 4.78 is 4.64. The number of hydrogen-bond donors (Lipinski definition) is 1. The maximum atomic E-state index is 11.0. The van der Waals surface area contributed by atoms with Gasteiger partial charge in [0.2, 0.25) is 0 Å². The van der Waals surface area contributed by atoms with Gasteiger partial charge in [-0.2, -0.15) is 0 Å². The van der Waals surface area contributed by atoms with Gasteiger partial charge in [-0.15, -0.1) is 0 Å². The van der Waals surface area contributed by atoms with Crippen LogP contribution < -0.4 is 5.32 Å². The summed E-state index contributed by atoms with van der Waals surface area (Å²) in [6.45, 7) is 2.27. The maximum Gasteiger partial charge on any atom is 0.305 e. The van der Waals surface area contributed by atoms with E-state index in [0.29, 0.717) is 6.42 Å². The summed E-state index contributed by atoms with van der Waals surface area (Å²) >= 11 is 0. The van der Waals surface area contributed by atoms with Gasteiger partial charge in [-0.1, -0.05) is 64.7 Å². The predicted octanol–water partition coefficient (Wildman–Crippen LogP) is 4.98. The van der Waals surface area contributed by atoms with Crippen molar-refractivity contribution in [3.05, 3.63) is 0 Å². The number of unbranched alkanes of at least 4 members (excludes halogenated alkanes) is 8. The lowest BCUT2D eigenvalue weighted by Crippen LogP contribution is -2.52. The Hall–Kier alpha value is -0.570. The fraction of sp³-hybridized carbons (Fsp3) is 0.947. The summed E-state index contributed by atoms with van der Waals surface area (Å²) in [5, 5.41) is 3.74. The molecule has 0 bridgehead atoms. The fourth-order valence-corrected chi connectivity index (χ4v) is 3.34. The molecule has 3 nitrogen and oxygen atoms in total. The number of methoxy groups -OCH3 is 1. The molecule has 3 heteroatoms. The molecule has 22 heavy (non-hydrogen) atoms. The van der Waals surface area contributed by atoms with Crippen LogP contribution in [0.4, 0.5) is 0 Å². The zero-order valence-corrected chi connectivity index (χ0v) is 14.9. The van der Waals surface area contributed by atoms with Gasteiger partial charge in [0.1, 0.15) is 0 Å². The van der Waals surface area contributed by atoms with E-state index in [2.05, 4.69) is 17.0 Å². The Balaban J connectivity index is 1.77. The molecule has 0 amide bonds. The Morgan fingerprint density at radius 2 is 1.41 bits per heavy atom. The van der Waals surface area contributed by atoms with Crippen molar-refractivity contribution in [3.8, 4) is 0 Å². The van der Waals surface area contributed by atoms with Crippen LogP contribution in [0.5, 0.6) is 0 Å². The lowest BCUT2D eigenvalue weighted by Gasteiger charge is -2.37. The molecular formula is C19H37NO2. The second kappa shape index (κ2) is 12.9. The second-order valence-corrected chi connectivity index (χ2v) is 6.88. The van der Waals surface area contributed by atoms with E-state index in [4.69, 9.17) is 0 Å². The monoisotopic (exact) mass is 311 g/mol. The number of carbonyl (C=O) groups excluding carboxylic acids is 1. The van der Waals surface area contributed by atoms with Crippen LogP contribution in [0.2, 0.25) is 0 Å². The predicted molar refractivity (Wildman–Crippen MR) is 93.0 cm³/mol. The third kappa shape index (κ3) is 9.45. The largest absolute Gasteiger partial charge is 0.469 e. The molecule has 0 aliphatic carbocycles. The van der Waals surface area contributed by atoms with Crippen LogP contribution in [0, 0.1) is 0 Å². The van der Waals surface area contributed by atoms with E-state index >= 15 is 0 Å². The van der Waals surface area contributed by atoms with E-state index in [9.17, 15) is 4.79 Å². The summed E-state index contributed by atoms with van der Waals surface area (Å²) in [5.74, 6) is -0.0692. The molecule has 1 fully saturated rings. The number of nitrogens with one attached hydrogen (secondary N) is 1. The van der Waals surface area contributed by atoms with Gasteiger partial charge in [0, 0.05) is 18.5 Å². The number of ether oxygens (including phenoxy) is 1. The van der Waals surface area contributed by atoms with E-state index in [1.807, 2.05) is 0 Å². The van der Waals surface area contributed by atoms with Crippen LogP contribution in [0.25, 0.3) is 0 Å². The molecule has 1 aliphatic rings. The molecule has 0 saturated carbocycles. The number of esters is 1. The molecule has 0 unspecified atom stereocenters. The van der Waals surface area contributed by atoms with Gasteiger partial charge in [0.25, 0.3) is 0 Å². The van der Waals surface area contributed by atoms with E-state index in [0.717, 1.165) is 24.9 Å². The van der Waals surface area contributed by atoms with Gasteiger partial charge in [0.15, 0.2) is 0 Å². The molecule has 0 radical (unpaired) electrons. The molecule has 1 rings (SSSR count). The normalized spacial score (nSPS) is 20.6. The number of rotatable bonds is 14. The van der Waals surface area contributed by atoms with Crippen molar-refractivity contribution in [2.24, 2.45) is 0 Å². The van der Waals surface area contributed by atoms with Crippen LogP contribution in [-0.4, -0.2) is 25.2 Å². The first-order valence-corrected chi connectivity index (χ1v) is 9.59. The first-order valence-electron chi connectivity index (χ1n) is 9.59. The number of hydrogen-bond acceptors (Lipinski definition) is 3. The van der Waals surface area contributed by atoms with E-state index in [-0.39, 0.29) is 5.97 Å². The molecule has 130 valence electrons. The van der Waals surface area contributed by atoms with Crippen molar-refractivity contribution in [2.75, 3.05) is 7.11 Å². The van der Waals surface area contributed by atoms with Crippen molar-refractivity contribution in [1.29, 1.82) is 0 Å². The van der Waals surface area contributed by atoms with Crippen molar-refractivity contribution < 1.29 is 9.53 Å². The molecule has 1 N–H and O–H groups in total. The molecule has 0 aromatic heterocycles. The summed E-state index contributed by atoms with van der Waals surface area (Å²) in [6.07, 6.45) is 17.7. The molecule has 1 heterocycles. The van der Waals surface area contributed by atoms with Crippen molar-refractivity contribution in [2.45, 2.75) is 109 Å². The third-order valence-corrected chi connectivity index (χ3v) is 4.86. The smallest absolute Gasteiger partial charge is 0.305 e. The standard InChI is InChI=1S/C19H37NO2/c1-3-4-5-10-13-17-16-18(20-17)14-11-8-6-7-9-12-15-19(21)22-2/h17-18,20H,3-16H2,1-2H3/t17-,18-/m0/s1. The van der Waals surface area contributed by atoms with Gasteiger partial charge in [-0.3, -0.25) is 4.79 Å². The SMILES string of the molecule is CCCCCC[C@H]1C[C@H](CCCCCCCCC(=O)OC)N1. The summed E-state index contributed by atoms with van der Waals surface area (Å²) in [5.41, 5.74) is 0. The molecule has 0 aromatic carbocycles. The zero-order valence-electron chi connectivity index (χ0n) is 14.9. The molecule has 1 aliphatic heterocycles. The van der Waals surface area contributed by atoms with Crippen LogP contribution in [0.1, 0.15) is 96.8 Å². The van der Waals surface area contributed by atoms with Gasteiger partial charge in [-0.05, 0) is 25.7 Å². The Bertz CT molecular complexity index is 275. The number of carbonyl (C=O) groups is 1. The summed E-state index contributed by atoms with van der Waals surface area (Å²) in [6, 6.07) is 1.62. The minimum Gasteiger partial charge on any atom is -0.469 e. The summed E-state index contributed by atoms with van der Waals surface area (Å²) in [7, 11) is 1.46. The van der Waals surface area contributed by atoms with Gasteiger partial charge in [0.05, 0.1) is 7.11 Å². The Morgan fingerprint density at radius 1 is 0.909 bits per heavy atom. The molecule has 0 aromatic rings. The molecule has 1 saturated heterocycles. The second-order valence-electron chi connectivity index (χ2n) is 6.88. The van der Waals surface area contributed by atoms with Gasteiger partial charge >= 0.3 is 5.97 Å². The average Bonchev–Trinajstić information content (AvgIpc) is 2.49. The van der Waals surface area contributed by atoms with Crippen molar-refractivity contribution in [3.63, 3.8) is 0 Å². The highest BCUT2D eigenvalue weighted by Gasteiger charge is 2.26. The first-order chi connectivity index (χ1) is 10.8. The third-order valence-electron chi connectivity index (χ3n) is 4.86. The van der Waals surface area contributed by atoms with Crippen LogP contribution in [0.15, 0.2) is 0 Å². The average molecular weight is 312 g/mol. The van der Waals surface area contributed by atoms with Crippen LogP contribution >= 0.6 is 0 Å². The Labute approximate surface area is 137 Å². The first kappa shape index (κ1) is 19.5. The lowest BCUT2D eigenvalue weighted by molar-refractivity contribution is -0.140. The summed E-state index contributed by atoms with van der Waals surface area (Å²) in [4.78, 5) is 11.0. The minimum absolute atomic E-state index is 0.0692. The van der Waals surface area contributed by atoms with E-state index in [1.54, 1.807) is 0 Å². The van der Waals surface area contributed by atoms with Gasteiger partial charge in [-0.25, -0.2) is 0 Å². The van der Waals surface area contributed by atoms with E-state index in [1.165, 1.54) is 77.7 Å². The van der Waals surface area contributed by atoms with E-state index < -0.39 is 0 Å². The lowest BCUT2D eigenvalue weighted by atomic mass is 9.89. The van der Waals surface area contributed by atoms with Gasteiger partial charge < -0.3 is 10.1 Å². The Morgan fingerprint density at radius 3 is 1.95 bits per heavy atom. The van der Waals surface area contributed by atoms with Crippen molar-refractivity contribution in [1.82, 2.24) is 5.32 Å². The topological polar surface area (TPSA) is 38.3 Å². The molecule has 0 spiro atoms. The highest BCUT2D eigenvalue weighted by Crippen LogP contribution is 2.22. The van der Waals surface area contributed by atoms with Crippen molar-refractivity contribution >= 4 is 5.97 Å². The van der Waals surface area contributed by atoms with Crippen LogP contribution in [0.3, 0.4) is 0 Å². The maximum absolute atomic E-state index is 11.0. The Kier molecular flexibility index (Phi) is 11.4. The highest BCUT2D eigenvalue weighted by atomic mass is 16.5. The zero-order chi connectivity index (χ0) is 16.0. The quantitative estimate of drug-likeness (QED) is 0.363. The highest BCUT2D eigenvalue weighted by molar-refractivity contribution is 5.68. The minimum atomic E-state index is -0.0692. The fourth-order valence-electron chi connectivity index (χ4n) is 3.34. The van der Waals surface area contributed by atoms with Crippen LogP contribution in [-0.2, 0) is 9.53 Å².